The van der Waals surface area contributed by atoms with Gasteiger partial charge in [0.1, 0.15) is 5.75 Å². The second-order valence-corrected chi connectivity index (χ2v) is 11.1. The fourth-order valence-corrected chi connectivity index (χ4v) is 6.05. The Hall–Kier alpha value is -3.76. The predicted molar refractivity (Wildman–Crippen MR) is 150 cm³/mol. The van der Waals surface area contributed by atoms with Crippen LogP contribution in [-0.4, -0.2) is 84.1 Å². The van der Waals surface area contributed by atoms with Gasteiger partial charge in [-0.3, -0.25) is 4.79 Å². The minimum Gasteiger partial charge on any atom is -0.495 e. The molecule has 0 N–H and O–H groups in total. The Morgan fingerprint density at radius 2 is 1.44 bits per heavy atom. The van der Waals surface area contributed by atoms with E-state index in [1.165, 1.54) is 30.7 Å². The largest absolute Gasteiger partial charge is 0.495 e. The van der Waals surface area contributed by atoms with Crippen LogP contribution in [0.5, 0.6) is 17.2 Å². The van der Waals surface area contributed by atoms with Crippen LogP contribution in [0.3, 0.4) is 0 Å². The number of benzene rings is 3. The van der Waals surface area contributed by atoms with E-state index in [1.807, 2.05) is 54.6 Å². The molecule has 0 bridgehead atoms. The van der Waals surface area contributed by atoms with Crippen LogP contribution in [0.4, 0.5) is 5.69 Å². The molecule has 0 aromatic heterocycles. The van der Waals surface area contributed by atoms with Crippen LogP contribution in [0.15, 0.2) is 77.7 Å². The molecule has 9 nitrogen and oxygen atoms in total. The van der Waals surface area contributed by atoms with Crippen LogP contribution >= 0.6 is 0 Å². The molecule has 0 unspecified atom stereocenters. The fourth-order valence-electron chi connectivity index (χ4n) is 4.65. The third kappa shape index (κ3) is 6.63. The molecule has 10 heteroatoms. The van der Waals surface area contributed by atoms with E-state index in [1.54, 1.807) is 18.1 Å². The molecule has 0 aliphatic carbocycles. The number of amides is 1. The van der Waals surface area contributed by atoms with E-state index in [2.05, 4.69) is 4.90 Å². The minimum atomic E-state index is -4.00. The summed E-state index contributed by atoms with van der Waals surface area (Å²) in [5.74, 6) is 1.29. The van der Waals surface area contributed by atoms with Crippen LogP contribution in [-0.2, 0) is 21.2 Å². The van der Waals surface area contributed by atoms with E-state index in [-0.39, 0.29) is 23.9 Å². The Kier molecular flexibility index (Phi) is 9.32. The summed E-state index contributed by atoms with van der Waals surface area (Å²) in [4.78, 5) is 17.4. The van der Waals surface area contributed by atoms with Crippen molar-refractivity contribution >= 4 is 21.6 Å². The number of ether oxygens (including phenoxy) is 3. The molecule has 0 radical (unpaired) electrons. The second kappa shape index (κ2) is 12.9. The van der Waals surface area contributed by atoms with Crippen molar-refractivity contribution in [1.29, 1.82) is 0 Å². The molecule has 3 aromatic carbocycles. The molecule has 0 saturated carbocycles. The number of rotatable bonds is 11. The van der Waals surface area contributed by atoms with E-state index in [9.17, 15) is 13.2 Å². The lowest BCUT2D eigenvalue weighted by Crippen LogP contribution is -2.52. The molecule has 1 saturated heterocycles. The summed E-state index contributed by atoms with van der Waals surface area (Å²) in [6.07, 6.45) is 0.474. The van der Waals surface area contributed by atoms with Gasteiger partial charge in [-0.15, -0.1) is 0 Å². The molecule has 1 aliphatic rings. The number of hydrogen-bond acceptors (Lipinski definition) is 7. The number of sulfonamides is 1. The van der Waals surface area contributed by atoms with Crippen LogP contribution in [0, 0.1) is 0 Å². The molecular weight excluding hydrogens is 518 g/mol. The Morgan fingerprint density at radius 1 is 0.795 bits per heavy atom. The summed E-state index contributed by atoms with van der Waals surface area (Å²) in [5.41, 5.74) is 1.97. The normalized spacial score (nSPS) is 13.8. The zero-order valence-corrected chi connectivity index (χ0v) is 23.4. The average molecular weight is 554 g/mol. The van der Waals surface area contributed by atoms with Crippen molar-refractivity contribution in [3.05, 3.63) is 78.4 Å². The number of methoxy groups -OCH3 is 3. The number of para-hydroxylation sites is 2. The van der Waals surface area contributed by atoms with Gasteiger partial charge < -0.3 is 24.0 Å². The maximum absolute atomic E-state index is 13.8. The van der Waals surface area contributed by atoms with E-state index in [0.29, 0.717) is 44.1 Å². The van der Waals surface area contributed by atoms with Crippen molar-refractivity contribution in [2.24, 2.45) is 0 Å². The summed E-state index contributed by atoms with van der Waals surface area (Å²) in [5, 5.41) is 0. The summed E-state index contributed by atoms with van der Waals surface area (Å²) in [6.45, 7) is 2.13. The van der Waals surface area contributed by atoms with Crippen LogP contribution in [0.1, 0.15) is 5.56 Å². The molecule has 39 heavy (non-hydrogen) atoms. The highest BCUT2D eigenvalue weighted by Crippen LogP contribution is 2.31. The fraction of sp³-hybridized carbons (Fsp3) is 0.345. The average Bonchev–Trinajstić information content (AvgIpc) is 2.99. The smallest absolute Gasteiger partial charge is 0.243 e. The standard InChI is InChI=1S/C29H35N3O6S/c1-36-26-12-8-7-11-25(26)30-17-19-31(20-18-30)29(33)22-32(16-15-23-9-5-4-6-10-23)39(34,35)24-13-14-27(37-2)28(21-24)38-3/h4-14,21H,15-20,22H2,1-3H3. The molecule has 4 rings (SSSR count). The molecule has 0 atom stereocenters. The van der Waals surface area contributed by atoms with Gasteiger partial charge in [-0.1, -0.05) is 42.5 Å². The molecule has 1 fully saturated rings. The highest BCUT2D eigenvalue weighted by molar-refractivity contribution is 7.89. The van der Waals surface area contributed by atoms with Crippen molar-refractivity contribution in [2.75, 3.05) is 65.5 Å². The zero-order chi connectivity index (χ0) is 27.8. The molecule has 3 aromatic rings. The number of piperazine rings is 1. The van der Waals surface area contributed by atoms with Crippen molar-refractivity contribution < 1.29 is 27.4 Å². The minimum absolute atomic E-state index is 0.0435. The van der Waals surface area contributed by atoms with Gasteiger partial charge in [0.2, 0.25) is 15.9 Å². The van der Waals surface area contributed by atoms with Gasteiger partial charge >= 0.3 is 0 Å². The summed E-state index contributed by atoms with van der Waals surface area (Å²) in [6, 6.07) is 21.9. The lowest BCUT2D eigenvalue weighted by Gasteiger charge is -2.37. The van der Waals surface area contributed by atoms with Crippen LogP contribution in [0.2, 0.25) is 0 Å². The van der Waals surface area contributed by atoms with Gasteiger partial charge in [-0.25, -0.2) is 8.42 Å². The third-order valence-corrected chi connectivity index (χ3v) is 8.70. The number of hydrogen-bond donors (Lipinski definition) is 0. The van der Waals surface area contributed by atoms with E-state index in [4.69, 9.17) is 14.2 Å². The van der Waals surface area contributed by atoms with Crippen molar-refractivity contribution in [3.8, 4) is 17.2 Å². The highest BCUT2D eigenvalue weighted by Gasteiger charge is 2.31. The summed E-state index contributed by atoms with van der Waals surface area (Å²) >= 11 is 0. The van der Waals surface area contributed by atoms with E-state index >= 15 is 0 Å². The first-order chi connectivity index (χ1) is 18.9. The first kappa shape index (κ1) is 28.3. The lowest BCUT2D eigenvalue weighted by atomic mass is 10.1. The molecule has 1 aliphatic heterocycles. The summed E-state index contributed by atoms with van der Waals surface area (Å²) < 4.78 is 44.9. The Bertz CT molecular complexity index is 1360. The number of anilines is 1. The second-order valence-electron chi connectivity index (χ2n) is 9.13. The van der Waals surface area contributed by atoms with Gasteiger partial charge in [0.25, 0.3) is 0 Å². The number of nitrogens with zero attached hydrogens (tertiary/aromatic N) is 3. The monoisotopic (exact) mass is 553 g/mol. The van der Waals surface area contributed by atoms with E-state index in [0.717, 1.165) is 17.0 Å². The van der Waals surface area contributed by atoms with Gasteiger partial charge in [0.15, 0.2) is 11.5 Å². The summed E-state index contributed by atoms with van der Waals surface area (Å²) in [7, 11) is 0.583. The maximum atomic E-state index is 13.8. The zero-order valence-electron chi connectivity index (χ0n) is 22.6. The van der Waals surface area contributed by atoms with Gasteiger partial charge in [-0.2, -0.15) is 4.31 Å². The topological polar surface area (TPSA) is 88.6 Å². The molecule has 1 amide bonds. The van der Waals surface area contributed by atoms with E-state index < -0.39 is 10.0 Å². The van der Waals surface area contributed by atoms with Crippen molar-refractivity contribution in [2.45, 2.75) is 11.3 Å². The Labute approximate surface area is 230 Å². The first-order valence-corrected chi connectivity index (χ1v) is 14.2. The molecule has 0 spiro atoms. The highest BCUT2D eigenvalue weighted by atomic mass is 32.2. The van der Waals surface area contributed by atoms with Gasteiger partial charge in [-0.05, 0) is 36.2 Å². The maximum Gasteiger partial charge on any atom is 0.243 e. The van der Waals surface area contributed by atoms with Gasteiger partial charge in [0, 0.05) is 38.8 Å². The van der Waals surface area contributed by atoms with Gasteiger partial charge in [0.05, 0.1) is 38.5 Å². The quantitative estimate of drug-likeness (QED) is 0.360. The molecule has 1 heterocycles. The Balaban J connectivity index is 1.51. The van der Waals surface area contributed by atoms with Crippen molar-refractivity contribution in [3.63, 3.8) is 0 Å². The van der Waals surface area contributed by atoms with Crippen LogP contribution < -0.4 is 19.1 Å². The van der Waals surface area contributed by atoms with Crippen molar-refractivity contribution in [1.82, 2.24) is 9.21 Å². The SMILES string of the molecule is COc1ccc(S(=O)(=O)N(CCc2ccccc2)CC(=O)N2CCN(c3ccccc3OC)CC2)cc1OC. The molecular formula is C29H35N3O6S. The Morgan fingerprint density at radius 3 is 2.10 bits per heavy atom. The third-order valence-electron chi connectivity index (χ3n) is 6.86. The lowest BCUT2D eigenvalue weighted by molar-refractivity contribution is -0.131. The molecule has 208 valence electrons. The number of carbonyl (C=O) groups is 1. The first-order valence-electron chi connectivity index (χ1n) is 12.8. The predicted octanol–water partition coefficient (Wildman–Crippen LogP) is 3.29. The number of carbonyl (C=O) groups excluding carboxylic acids is 1. The van der Waals surface area contributed by atoms with Crippen LogP contribution in [0.25, 0.3) is 0 Å².